The van der Waals surface area contributed by atoms with Gasteiger partial charge in [0.05, 0.1) is 19.8 Å². The number of guanidine groups is 1. The molecule has 0 bridgehead atoms. The van der Waals surface area contributed by atoms with E-state index >= 15 is 0 Å². The molecule has 1 aliphatic rings. The van der Waals surface area contributed by atoms with Crippen LogP contribution in [0, 0.1) is 0 Å². The predicted octanol–water partition coefficient (Wildman–Crippen LogP) is 2.70. The van der Waals surface area contributed by atoms with E-state index in [2.05, 4.69) is 63.7 Å². The molecule has 0 amide bonds. The fraction of sp³-hybridized carbons (Fsp3) is 0.450. The van der Waals surface area contributed by atoms with Gasteiger partial charge in [0.1, 0.15) is 0 Å². The van der Waals surface area contributed by atoms with Crippen LogP contribution in [0.15, 0.2) is 53.8 Å². The third-order valence-electron chi connectivity index (χ3n) is 4.42. The van der Waals surface area contributed by atoms with E-state index in [1.54, 1.807) is 0 Å². The van der Waals surface area contributed by atoms with Crippen molar-refractivity contribution in [2.45, 2.75) is 20.0 Å². The molecule has 1 aromatic carbocycles. The van der Waals surface area contributed by atoms with Gasteiger partial charge >= 0.3 is 0 Å². The summed E-state index contributed by atoms with van der Waals surface area (Å²) in [7, 11) is 0. The van der Waals surface area contributed by atoms with Crippen LogP contribution in [0.1, 0.15) is 12.5 Å². The molecular formula is C20H30IN5O. The fourth-order valence-corrected chi connectivity index (χ4v) is 3.09. The van der Waals surface area contributed by atoms with Gasteiger partial charge < -0.3 is 24.8 Å². The topological polar surface area (TPSA) is 53.8 Å². The van der Waals surface area contributed by atoms with Gasteiger partial charge in [-0.15, -0.1) is 24.0 Å². The normalized spacial score (nSPS) is 14.6. The summed E-state index contributed by atoms with van der Waals surface area (Å²) in [4.78, 5) is 7.17. The van der Waals surface area contributed by atoms with Crippen molar-refractivity contribution in [1.29, 1.82) is 0 Å². The van der Waals surface area contributed by atoms with E-state index < -0.39 is 0 Å². The first-order valence-electron chi connectivity index (χ1n) is 9.40. The van der Waals surface area contributed by atoms with Crippen LogP contribution in [0.5, 0.6) is 0 Å². The molecule has 1 saturated heterocycles. The van der Waals surface area contributed by atoms with E-state index in [4.69, 9.17) is 9.73 Å². The van der Waals surface area contributed by atoms with Crippen molar-refractivity contribution in [3.8, 4) is 0 Å². The Labute approximate surface area is 179 Å². The number of morpholine rings is 1. The number of aromatic nitrogens is 1. The van der Waals surface area contributed by atoms with Crippen LogP contribution in [-0.2, 0) is 17.8 Å². The second-order valence-corrected chi connectivity index (χ2v) is 6.27. The minimum Gasteiger partial charge on any atom is -0.378 e. The molecule has 2 heterocycles. The molecule has 0 atom stereocenters. The van der Waals surface area contributed by atoms with E-state index in [9.17, 15) is 0 Å². The lowest BCUT2D eigenvalue weighted by molar-refractivity contribution is 0.122. The maximum absolute atomic E-state index is 5.47. The molecule has 148 valence electrons. The lowest BCUT2D eigenvalue weighted by Crippen LogP contribution is -2.39. The van der Waals surface area contributed by atoms with Crippen LogP contribution in [0.2, 0.25) is 0 Å². The van der Waals surface area contributed by atoms with Gasteiger partial charge in [0.2, 0.25) is 0 Å². The summed E-state index contributed by atoms with van der Waals surface area (Å²) in [5.41, 5.74) is 2.51. The van der Waals surface area contributed by atoms with Crippen molar-refractivity contribution >= 4 is 35.6 Å². The van der Waals surface area contributed by atoms with Crippen molar-refractivity contribution in [1.82, 2.24) is 15.2 Å². The highest BCUT2D eigenvalue weighted by Crippen LogP contribution is 2.22. The van der Waals surface area contributed by atoms with E-state index in [1.165, 1.54) is 11.3 Å². The molecule has 2 aromatic rings. The van der Waals surface area contributed by atoms with E-state index in [0.717, 1.165) is 51.9 Å². The molecule has 7 heteroatoms. The minimum absolute atomic E-state index is 0. The molecule has 6 nitrogen and oxygen atoms in total. The summed E-state index contributed by atoms with van der Waals surface area (Å²) < 4.78 is 7.63. The molecule has 0 unspecified atom stereocenters. The number of ether oxygens (including phenoxy) is 1. The summed E-state index contributed by atoms with van der Waals surface area (Å²) in [6.45, 7) is 8.82. The van der Waals surface area contributed by atoms with Crippen molar-refractivity contribution in [2.24, 2.45) is 4.99 Å². The quantitative estimate of drug-likeness (QED) is 0.362. The first-order valence-corrected chi connectivity index (χ1v) is 9.40. The summed E-state index contributed by atoms with van der Waals surface area (Å²) in [6.07, 6.45) is 4.15. The average Bonchev–Trinajstić information content (AvgIpc) is 3.20. The number of hydrogen-bond donors (Lipinski definition) is 2. The lowest BCUT2D eigenvalue weighted by atomic mass is 10.1. The van der Waals surface area contributed by atoms with Crippen molar-refractivity contribution in [3.05, 3.63) is 54.4 Å². The number of halogens is 1. The van der Waals surface area contributed by atoms with E-state index in [1.807, 2.05) is 12.1 Å². The Morgan fingerprint density at radius 3 is 2.56 bits per heavy atom. The zero-order chi connectivity index (χ0) is 18.0. The first-order chi connectivity index (χ1) is 12.9. The average molecular weight is 483 g/mol. The number of rotatable bonds is 7. The van der Waals surface area contributed by atoms with Gasteiger partial charge in [-0.2, -0.15) is 0 Å². The van der Waals surface area contributed by atoms with Gasteiger partial charge in [0.15, 0.2) is 5.96 Å². The third-order valence-corrected chi connectivity index (χ3v) is 4.42. The van der Waals surface area contributed by atoms with Crippen LogP contribution in [-0.4, -0.2) is 49.9 Å². The number of nitrogens with zero attached hydrogens (tertiary/aromatic N) is 3. The third kappa shape index (κ3) is 6.73. The highest BCUT2D eigenvalue weighted by atomic mass is 127. The SMILES string of the molecule is CCNC(=NCc1ccccc1N1CCOCC1)NCCn1cccc1.I. The molecule has 0 saturated carbocycles. The Morgan fingerprint density at radius 2 is 1.81 bits per heavy atom. The summed E-state index contributed by atoms with van der Waals surface area (Å²) in [5.74, 6) is 0.858. The Hall–Kier alpha value is -1.74. The van der Waals surface area contributed by atoms with Gasteiger partial charge in [0.25, 0.3) is 0 Å². The number of nitrogens with one attached hydrogen (secondary N) is 2. The van der Waals surface area contributed by atoms with Crippen molar-refractivity contribution in [2.75, 3.05) is 44.3 Å². The van der Waals surface area contributed by atoms with Gasteiger partial charge in [-0.05, 0) is 30.7 Å². The molecule has 1 aliphatic heterocycles. The summed E-state index contributed by atoms with van der Waals surface area (Å²) >= 11 is 0. The maximum Gasteiger partial charge on any atom is 0.191 e. The number of anilines is 1. The van der Waals surface area contributed by atoms with Crippen molar-refractivity contribution in [3.63, 3.8) is 0 Å². The second kappa shape index (κ2) is 11.9. The summed E-state index contributed by atoms with van der Waals surface area (Å²) in [5, 5.41) is 6.74. The number of para-hydroxylation sites is 1. The molecule has 0 spiro atoms. The number of hydrogen-bond acceptors (Lipinski definition) is 3. The largest absolute Gasteiger partial charge is 0.378 e. The lowest BCUT2D eigenvalue weighted by Gasteiger charge is -2.30. The molecule has 1 aromatic heterocycles. The standard InChI is InChI=1S/C20H29N5O.HI/c1-2-21-20(22-9-12-24-10-5-6-11-24)23-17-18-7-3-4-8-19(18)25-13-15-26-16-14-25;/h3-8,10-11H,2,9,12-17H2,1H3,(H2,21,22,23);1H. The maximum atomic E-state index is 5.47. The molecule has 0 aliphatic carbocycles. The zero-order valence-electron chi connectivity index (χ0n) is 15.9. The first kappa shape index (κ1) is 21.6. The predicted molar refractivity (Wildman–Crippen MR) is 122 cm³/mol. The Kier molecular flexibility index (Phi) is 9.47. The van der Waals surface area contributed by atoms with Gasteiger partial charge in [0, 0.05) is 50.8 Å². The van der Waals surface area contributed by atoms with Gasteiger partial charge in [-0.3, -0.25) is 0 Å². The molecule has 3 rings (SSSR count). The van der Waals surface area contributed by atoms with Crippen LogP contribution in [0.3, 0.4) is 0 Å². The molecule has 2 N–H and O–H groups in total. The van der Waals surface area contributed by atoms with Crippen LogP contribution >= 0.6 is 24.0 Å². The second-order valence-electron chi connectivity index (χ2n) is 6.27. The Bertz CT molecular complexity index is 683. The monoisotopic (exact) mass is 483 g/mol. The highest BCUT2D eigenvalue weighted by Gasteiger charge is 2.14. The number of benzene rings is 1. The van der Waals surface area contributed by atoms with Gasteiger partial charge in [-0.1, -0.05) is 18.2 Å². The van der Waals surface area contributed by atoms with E-state index in [-0.39, 0.29) is 24.0 Å². The van der Waals surface area contributed by atoms with E-state index in [0.29, 0.717) is 6.54 Å². The molecule has 1 fully saturated rings. The van der Waals surface area contributed by atoms with Gasteiger partial charge in [-0.25, -0.2) is 4.99 Å². The Morgan fingerprint density at radius 1 is 1.07 bits per heavy atom. The summed E-state index contributed by atoms with van der Waals surface area (Å²) in [6, 6.07) is 12.6. The van der Waals surface area contributed by atoms with Crippen molar-refractivity contribution < 1.29 is 4.74 Å². The molecule has 0 radical (unpaired) electrons. The zero-order valence-corrected chi connectivity index (χ0v) is 18.3. The van der Waals surface area contributed by atoms with Crippen LogP contribution < -0.4 is 15.5 Å². The Balaban J connectivity index is 0.00000261. The fourth-order valence-electron chi connectivity index (χ4n) is 3.09. The highest BCUT2D eigenvalue weighted by molar-refractivity contribution is 14.0. The smallest absolute Gasteiger partial charge is 0.191 e. The number of aliphatic imine (C=N–C) groups is 1. The van der Waals surface area contributed by atoms with Crippen LogP contribution in [0.4, 0.5) is 5.69 Å². The molecular weight excluding hydrogens is 453 g/mol. The van der Waals surface area contributed by atoms with Crippen LogP contribution in [0.25, 0.3) is 0 Å². The molecule has 27 heavy (non-hydrogen) atoms. The minimum atomic E-state index is 0.